The fourth-order valence-electron chi connectivity index (χ4n) is 1.37. The number of nitrogens with zero attached hydrogens (tertiary/aromatic N) is 1. The van der Waals surface area contributed by atoms with Gasteiger partial charge in [0.1, 0.15) is 17.9 Å². The van der Waals surface area contributed by atoms with Crippen LogP contribution in [-0.4, -0.2) is 16.1 Å². The van der Waals surface area contributed by atoms with Crippen LogP contribution in [0.3, 0.4) is 0 Å². The molecule has 0 amide bonds. The lowest BCUT2D eigenvalue weighted by molar-refractivity contribution is 0.0464. The SMILES string of the molecule is O=C(OCc1ccccn1)c1cc(Cl)ccc1O. The summed E-state index contributed by atoms with van der Waals surface area (Å²) in [7, 11) is 0. The molecule has 0 aliphatic carbocycles. The van der Waals surface area contributed by atoms with E-state index in [0.717, 1.165) is 0 Å². The third-order valence-corrected chi connectivity index (χ3v) is 2.49. The number of carbonyl (C=O) groups is 1. The van der Waals surface area contributed by atoms with Gasteiger partial charge in [-0.05, 0) is 30.3 Å². The number of esters is 1. The summed E-state index contributed by atoms with van der Waals surface area (Å²) in [5.74, 6) is -0.800. The molecule has 2 rings (SSSR count). The number of rotatable bonds is 3. The zero-order valence-electron chi connectivity index (χ0n) is 9.34. The maximum absolute atomic E-state index is 11.7. The summed E-state index contributed by atoms with van der Waals surface area (Å²) in [6.45, 7) is 0.0472. The molecule has 0 aliphatic heterocycles. The summed E-state index contributed by atoms with van der Waals surface area (Å²) in [5, 5.41) is 9.89. The van der Waals surface area contributed by atoms with E-state index in [-0.39, 0.29) is 17.9 Å². The van der Waals surface area contributed by atoms with E-state index < -0.39 is 5.97 Å². The van der Waals surface area contributed by atoms with Crippen molar-refractivity contribution in [2.24, 2.45) is 0 Å². The minimum Gasteiger partial charge on any atom is -0.507 e. The molecule has 0 fully saturated rings. The average Bonchev–Trinajstić information content (AvgIpc) is 2.40. The van der Waals surface area contributed by atoms with Crippen molar-refractivity contribution < 1.29 is 14.6 Å². The van der Waals surface area contributed by atoms with Crippen LogP contribution in [0.1, 0.15) is 16.1 Å². The zero-order valence-corrected chi connectivity index (χ0v) is 10.1. The van der Waals surface area contributed by atoms with E-state index in [0.29, 0.717) is 10.7 Å². The highest BCUT2D eigenvalue weighted by atomic mass is 35.5. The summed E-state index contributed by atoms with van der Waals surface area (Å²) >= 11 is 5.75. The molecular formula is C13H10ClNO3. The molecule has 1 N–H and O–H groups in total. The lowest BCUT2D eigenvalue weighted by Crippen LogP contribution is -2.06. The molecule has 0 bridgehead atoms. The molecular weight excluding hydrogens is 254 g/mol. The van der Waals surface area contributed by atoms with Crippen molar-refractivity contribution >= 4 is 17.6 Å². The van der Waals surface area contributed by atoms with Crippen molar-refractivity contribution in [3.05, 3.63) is 58.9 Å². The molecule has 0 saturated heterocycles. The maximum Gasteiger partial charge on any atom is 0.342 e. The zero-order chi connectivity index (χ0) is 13.0. The molecule has 5 heteroatoms. The van der Waals surface area contributed by atoms with E-state index in [1.54, 1.807) is 24.4 Å². The second-order valence-corrected chi connectivity index (χ2v) is 4.00. The Bertz CT molecular complexity index is 557. The molecule has 0 unspecified atom stereocenters. The van der Waals surface area contributed by atoms with Gasteiger partial charge in [0, 0.05) is 11.2 Å². The molecule has 0 radical (unpaired) electrons. The largest absolute Gasteiger partial charge is 0.507 e. The smallest absolute Gasteiger partial charge is 0.342 e. The van der Waals surface area contributed by atoms with Gasteiger partial charge in [-0.3, -0.25) is 4.98 Å². The average molecular weight is 264 g/mol. The standard InChI is InChI=1S/C13H10ClNO3/c14-9-4-5-12(16)11(7-9)13(17)18-8-10-3-1-2-6-15-10/h1-7,16H,8H2. The molecule has 0 saturated carbocycles. The number of phenols is 1. The summed E-state index contributed by atoms with van der Waals surface area (Å²) in [6.07, 6.45) is 1.61. The van der Waals surface area contributed by atoms with Gasteiger partial charge in [-0.1, -0.05) is 17.7 Å². The fourth-order valence-corrected chi connectivity index (χ4v) is 1.54. The van der Waals surface area contributed by atoms with Gasteiger partial charge in [-0.15, -0.1) is 0 Å². The Morgan fingerprint density at radius 2 is 2.17 bits per heavy atom. The Labute approximate surface area is 109 Å². The second-order valence-electron chi connectivity index (χ2n) is 3.56. The van der Waals surface area contributed by atoms with Crippen LogP contribution in [0.15, 0.2) is 42.6 Å². The number of benzene rings is 1. The first-order valence-electron chi connectivity index (χ1n) is 5.22. The minimum atomic E-state index is -0.638. The van der Waals surface area contributed by atoms with Crippen molar-refractivity contribution in [3.63, 3.8) is 0 Å². The summed E-state index contributed by atoms with van der Waals surface area (Å²) in [6, 6.07) is 9.51. The molecule has 1 aromatic heterocycles. The first kappa shape index (κ1) is 12.4. The van der Waals surface area contributed by atoms with Gasteiger partial charge in [0.25, 0.3) is 0 Å². The van der Waals surface area contributed by atoms with Gasteiger partial charge < -0.3 is 9.84 Å². The van der Waals surface area contributed by atoms with Gasteiger partial charge in [0.15, 0.2) is 0 Å². The van der Waals surface area contributed by atoms with Crippen molar-refractivity contribution in [2.75, 3.05) is 0 Å². The molecule has 2 aromatic rings. The number of hydrogen-bond acceptors (Lipinski definition) is 4. The Kier molecular flexibility index (Phi) is 3.79. The van der Waals surface area contributed by atoms with Gasteiger partial charge in [-0.2, -0.15) is 0 Å². The predicted molar refractivity (Wildman–Crippen MR) is 66.5 cm³/mol. The molecule has 0 atom stereocenters. The van der Waals surface area contributed by atoms with Crippen molar-refractivity contribution in [3.8, 4) is 5.75 Å². The number of phenolic OH excluding ortho intramolecular Hbond substituents is 1. The van der Waals surface area contributed by atoms with Crippen molar-refractivity contribution in [1.29, 1.82) is 0 Å². The van der Waals surface area contributed by atoms with Crippen LogP contribution >= 0.6 is 11.6 Å². The number of aromatic hydroxyl groups is 1. The van der Waals surface area contributed by atoms with Crippen molar-refractivity contribution in [2.45, 2.75) is 6.61 Å². The van der Waals surface area contributed by atoms with E-state index in [1.807, 2.05) is 0 Å². The van der Waals surface area contributed by atoms with E-state index in [9.17, 15) is 9.90 Å². The number of hydrogen-bond donors (Lipinski definition) is 1. The van der Waals surface area contributed by atoms with Crippen LogP contribution in [0, 0.1) is 0 Å². The van der Waals surface area contributed by atoms with E-state index in [2.05, 4.69) is 4.98 Å². The summed E-state index contributed by atoms with van der Waals surface area (Å²) < 4.78 is 5.03. The van der Waals surface area contributed by atoms with Gasteiger partial charge in [-0.25, -0.2) is 4.79 Å². The second kappa shape index (κ2) is 5.51. The monoisotopic (exact) mass is 263 g/mol. The van der Waals surface area contributed by atoms with Crippen LogP contribution in [0.5, 0.6) is 5.75 Å². The third kappa shape index (κ3) is 2.99. The number of aromatic nitrogens is 1. The fraction of sp³-hybridized carbons (Fsp3) is 0.0769. The highest BCUT2D eigenvalue weighted by Gasteiger charge is 2.13. The molecule has 0 aliphatic rings. The molecule has 92 valence electrons. The van der Waals surface area contributed by atoms with E-state index in [1.165, 1.54) is 18.2 Å². The minimum absolute atomic E-state index is 0.0402. The van der Waals surface area contributed by atoms with Gasteiger partial charge >= 0.3 is 5.97 Å². The van der Waals surface area contributed by atoms with Crippen LogP contribution in [0.4, 0.5) is 0 Å². The quantitative estimate of drug-likeness (QED) is 0.865. The number of ether oxygens (including phenoxy) is 1. The number of halogens is 1. The lowest BCUT2D eigenvalue weighted by Gasteiger charge is -2.06. The number of carbonyl (C=O) groups excluding carboxylic acids is 1. The molecule has 18 heavy (non-hydrogen) atoms. The first-order chi connectivity index (χ1) is 8.66. The van der Waals surface area contributed by atoms with Gasteiger partial charge in [0.05, 0.1) is 5.69 Å². The van der Waals surface area contributed by atoms with Crippen LogP contribution < -0.4 is 0 Å². The van der Waals surface area contributed by atoms with Crippen LogP contribution in [0.2, 0.25) is 5.02 Å². The Morgan fingerprint density at radius 1 is 1.33 bits per heavy atom. The third-order valence-electron chi connectivity index (χ3n) is 2.26. The lowest BCUT2D eigenvalue weighted by atomic mass is 10.2. The van der Waals surface area contributed by atoms with Gasteiger partial charge in [0.2, 0.25) is 0 Å². The number of pyridine rings is 1. The maximum atomic E-state index is 11.7. The van der Waals surface area contributed by atoms with E-state index in [4.69, 9.17) is 16.3 Å². The first-order valence-corrected chi connectivity index (χ1v) is 5.60. The molecule has 0 spiro atoms. The highest BCUT2D eigenvalue weighted by Crippen LogP contribution is 2.22. The normalized spacial score (nSPS) is 10.1. The summed E-state index contributed by atoms with van der Waals surface area (Å²) in [5.41, 5.74) is 0.672. The topological polar surface area (TPSA) is 59.4 Å². The molecule has 1 aromatic carbocycles. The van der Waals surface area contributed by atoms with Crippen LogP contribution in [0.25, 0.3) is 0 Å². The summed E-state index contributed by atoms with van der Waals surface area (Å²) in [4.78, 5) is 15.7. The predicted octanol–water partition coefficient (Wildman–Crippen LogP) is 2.80. The Balaban J connectivity index is 2.06. The Morgan fingerprint density at radius 3 is 2.89 bits per heavy atom. The van der Waals surface area contributed by atoms with Crippen LogP contribution in [-0.2, 0) is 11.3 Å². The highest BCUT2D eigenvalue weighted by molar-refractivity contribution is 6.31. The van der Waals surface area contributed by atoms with E-state index >= 15 is 0 Å². The Hall–Kier alpha value is -2.07. The molecule has 1 heterocycles. The van der Waals surface area contributed by atoms with Crippen molar-refractivity contribution in [1.82, 2.24) is 4.98 Å². The molecule has 4 nitrogen and oxygen atoms in total.